The van der Waals surface area contributed by atoms with E-state index in [0.717, 1.165) is 0 Å². The summed E-state index contributed by atoms with van der Waals surface area (Å²) in [5.74, 6) is -0.677. The van der Waals surface area contributed by atoms with Crippen LogP contribution in [0.15, 0.2) is 35.6 Å². The molecule has 0 radical (unpaired) electrons. The number of hydrogen-bond acceptors (Lipinski definition) is 6. The Morgan fingerprint density at radius 1 is 1.27 bits per heavy atom. The van der Waals surface area contributed by atoms with Gasteiger partial charge in [0, 0.05) is 29.7 Å². The molecule has 3 rings (SSSR count). The normalized spacial score (nSPS) is 11.9. The Hall–Kier alpha value is -2.59. The van der Waals surface area contributed by atoms with Crippen LogP contribution in [0.2, 0.25) is 0 Å². The minimum absolute atomic E-state index is 0.00629. The maximum Gasteiger partial charge on any atom is 0.241 e. The molecule has 22 heavy (non-hydrogen) atoms. The van der Waals surface area contributed by atoms with E-state index in [1.165, 1.54) is 42.3 Å². The number of nitrogens with one attached hydrogen (secondary N) is 1. The van der Waals surface area contributed by atoms with Crippen molar-refractivity contribution in [2.75, 3.05) is 12.8 Å². The van der Waals surface area contributed by atoms with Crippen LogP contribution < -0.4 is 10.5 Å². The number of sulfonamides is 1. The van der Waals surface area contributed by atoms with Crippen LogP contribution in [0.5, 0.6) is 0 Å². The van der Waals surface area contributed by atoms with Crippen molar-refractivity contribution in [3.05, 3.63) is 36.5 Å². The molecule has 3 aromatic heterocycles. The van der Waals surface area contributed by atoms with Gasteiger partial charge in [0.1, 0.15) is 4.90 Å². The first-order valence-electron chi connectivity index (χ1n) is 6.11. The van der Waals surface area contributed by atoms with Gasteiger partial charge in [-0.25, -0.2) is 22.0 Å². The Bertz CT molecular complexity index is 969. The first-order chi connectivity index (χ1) is 10.4. The summed E-state index contributed by atoms with van der Waals surface area (Å²) in [7, 11) is -2.34. The molecule has 8 nitrogen and oxygen atoms in total. The van der Waals surface area contributed by atoms with E-state index in [1.54, 1.807) is 0 Å². The molecule has 0 bridgehead atoms. The molecule has 0 fully saturated rings. The third kappa shape index (κ3) is 2.38. The predicted octanol–water partition coefficient (Wildman–Crippen LogP) is 0.421. The minimum Gasteiger partial charge on any atom is -0.366 e. The van der Waals surface area contributed by atoms with E-state index >= 15 is 0 Å². The number of nitrogens with zero attached hydrogens (tertiary/aromatic N) is 4. The zero-order valence-electron chi connectivity index (χ0n) is 11.4. The van der Waals surface area contributed by atoms with E-state index in [-0.39, 0.29) is 16.5 Å². The van der Waals surface area contributed by atoms with Crippen LogP contribution in [0, 0.1) is 5.82 Å². The van der Waals surface area contributed by atoms with E-state index in [0.29, 0.717) is 11.1 Å². The van der Waals surface area contributed by atoms with E-state index in [1.807, 2.05) is 0 Å². The average molecular weight is 322 g/mol. The molecule has 0 aromatic carbocycles. The standard InChI is InChI=1S/C12H11FN6O2S/c1-15-22(20,21)9-2-7(4-16-5-9)8-3-10(13)11-17-12(14)18-19(11)6-8/h2-6,15H,1H3,(H2,14,18). The number of pyridine rings is 2. The van der Waals surface area contributed by atoms with Gasteiger partial charge in [-0.15, -0.1) is 5.10 Å². The summed E-state index contributed by atoms with van der Waals surface area (Å²) < 4.78 is 41.0. The van der Waals surface area contributed by atoms with Gasteiger partial charge >= 0.3 is 0 Å². The molecule has 0 unspecified atom stereocenters. The summed E-state index contributed by atoms with van der Waals surface area (Å²) >= 11 is 0. The monoisotopic (exact) mass is 322 g/mol. The van der Waals surface area contributed by atoms with Crippen LogP contribution >= 0.6 is 0 Å². The van der Waals surface area contributed by atoms with Crippen molar-refractivity contribution in [3.63, 3.8) is 0 Å². The Labute approximate surface area is 124 Å². The lowest BCUT2D eigenvalue weighted by molar-refractivity contribution is 0.588. The zero-order chi connectivity index (χ0) is 15.9. The van der Waals surface area contributed by atoms with Crippen molar-refractivity contribution < 1.29 is 12.8 Å². The summed E-state index contributed by atoms with van der Waals surface area (Å²) in [5.41, 5.74) is 6.25. The van der Waals surface area contributed by atoms with Crippen molar-refractivity contribution in [3.8, 4) is 11.1 Å². The zero-order valence-corrected chi connectivity index (χ0v) is 12.2. The molecule has 0 aliphatic heterocycles. The lowest BCUT2D eigenvalue weighted by atomic mass is 10.1. The quantitative estimate of drug-likeness (QED) is 0.722. The first-order valence-corrected chi connectivity index (χ1v) is 7.59. The van der Waals surface area contributed by atoms with Gasteiger partial charge < -0.3 is 5.73 Å². The van der Waals surface area contributed by atoms with Crippen molar-refractivity contribution in [1.29, 1.82) is 0 Å². The summed E-state index contributed by atoms with van der Waals surface area (Å²) in [6, 6.07) is 2.61. The molecule has 0 aliphatic carbocycles. The molecule has 0 saturated heterocycles. The highest BCUT2D eigenvalue weighted by Crippen LogP contribution is 2.23. The van der Waals surface area contributed by atoms with Gasteiger partial charge in [0.2, 0.25) is 16.0 Å². The van der Waals surface area contributed by atoms with E-state index < -0.39 is 15.8 Å². The van der Waals surface area contributed by atoms with Gasteiger partial charge in [0.25, 0.3) is 0 Å². The van der Waals surface area contributed by atoms with Crippen molar-refractivity contribution in [2.45, 2.75) is 4.90 Å². The second kappa shape index (κ2) is 5.00. The number of aromatic nitrogens is 4. The number of hydrogen-bond donors (Lipinski definition) is 2. The molecular formula is C12H11FN6O2S. The maximum atomic E-state index is 14.0. The van der Waals surface area contributed by atoms with Gasteiger partial charge in [-0.2, -0.15) is 4.98 Å². The average Bonchev–Trinajstić information content (AvgIpc) is 2.88. The molecule has 3 heterocycles. The Morgan fingerprint density at radius 2 is 2.05 bits per heavy atom. The number of nitrogen functional groups attached to an aromatic ring is 1. The van der Waals surface area contributed by atoms with Gasteiger partial charge in [-0.1, -0.05) is 0 Å². The summed E-state index contributed by atoms with van der Waals surface area (Å²) in [5, 5.41) is 3.84. The molecule has 0 aliphatic rings. The lowest BCUT2D eigenvalue weighted by Gasteiger charge is -2.06. The second-order valence-corrected chi connectivity index (χ2v) is 6.32. The van der Waals surface area contributed by atoms with Crippen LogP contribution in [0.1, 0.15) is 0 Å². The molecule has 3 aromatic rings. The van der Waals surface area contributed by atoms with Crippen LogP contribution in [-0.4, -0.2) is 35.0 Å². The lowest BCUT2D eigenvalue weighted by Crippen LogP contribution is -2.18. The third-order valence-corrected chi connectivity index (χ3v) is 4.41. The first kappa shape index (κ1) is 14.4. The van der Waals surface area contributed by atoms with Crippen LogP contribution in [0.4, 0.5) is 10.3 Å². The van der Waals surface area contributed by atoms with Crippen LogP contribution in [-0.2, 0) is 10.0 Å². The Kier molecular flexibility index (Phi) is 3.26. The Morgan fingerprint density at radius 3 is 2.77 bits per heavy atom. The Balaban J connectivity index is 2.17. The number of rotatable bonds is 3. The van der Waals surface area contributed by atoms with Crippen molar-refractivity contribution in [2.24, 2.45) is 0 Å². The second-order valence-electron chi connectivity index (χ2n) is 4.43. The summed E-state index contributed by atoms with van der Waals surface area (Å²) in [4.78, 5) is 7.61. The number of halogens is 1. The summed E-state index contributed by atoms with van der Waals surface area (Å²) in [6.45, 7) is 0. The molecule has 3 N–H and O–H groups in total. The molecule has 0 spiro atoms. The van der Waals surface area contributed by atoms with Gasteiger partial charge in [0.15, 0.2) is 11.5 Å². The largest absolute Gasteiger partial charge is 0.366 e. The van der Waals surface area contributed by atoms with Gasteiger partial charge in [-0.05, 0) is 19.2 Å². The topological polar surface area (TPSA) is 115 Å². The molecule has 10 heteroatoms. The fraction of sp³-hybridized carbons (Fsp3) is 0.0833. The van der Waals surface area contributed by atoms with E-state index in [9.17, 15) is 12.8 Å². The van der Waals surface area contributed by atoms with Gasteiger partial charge in [-0.3, -0.25) is 4.98 Å². The predicted molar refractivity (Wildman–Crippen MR) is 76.8 cm³/mol. The highest BCUT2D eigenvalue weighted by Gasteiger charge is 2.15. The number of fused-ring (bicyclic) bond motifs is 1. The highest BCUT2D eigenvalue weighted by molar-refractivity contribution is 7.89. The van der Waals surface area contributed by atoms with E-state index in [4.69, 9.17) is 5.73 Å². The number of nitrogens with two attached hydrogens (primary N) is 1. The van der Waals surface area contributed by atoms with E-state index in [2.05, 4.69) is 19.8 Å². The van der Waals surface area contributed by atoms with Gasteiger partial charge in [0.05, 0.1) is 0 Å². The maximum absolute atomic E-state index is 14.0. The molecular weight excluding hydrogens is 311 g/mol. The number of anilines is 1. The minimum atomic E-state index is -3.64. The summed E-state index contributed by atoms with van der Waals surface area (Å²) in [6.07, 6.45) is 4.13. The molecule has 114 valence electrons. The van der Waals surface area contributed by atoms with Crippen LogP contribution in [0.3, 0.4) is 0 Å². The highest BCUT2D eigenvalue weighted by atomic mass is 32.2. The third-order valence-electron chi connectivity index (χ3n) is 3.03. The van der Waals surface area contributed by atoms with Crippen LogP contribution in [0.25, 0.3) is 16.8 Å². The van der Waals surface area contributed by atoms with Crippen molar-refractivity contribution in [1.82, 2.24) is 24.3 Å². The van der Waals surface area contributed by atoms with Crippen molar-refractivity contribution >= 4 is 21.6 Å². The smallest absolute Gasteiger partial charge is 0.241 e. The fourth-order valence-electron chi connectivity index (χ4n) is 1.96. The molecule has 0 atom stereocenters. The molecule has 0 amide bonds. The SMILES string of the molecule is CNS(=O)(=O)c1cncc(-c2cc(F)c3nc(N)nn3c2)c1. The fourth-order valence-corrected chi connectivity index (χ4v) is 2.68. The molecule has 0 saturated carbocycles.